The summed E-state index contributed by atoms with van der Waals surface area (Å²) in [6.07, 6.45) is 5.56. The molecule has 0 aromatic heterocycles. The summed E-state index contributed by atoms with van der Waals surface area (Å²) < 4.78 is 0. The van der Waals surface area contributed by atoms with Gasteiger partial charge in [-0.05, 0) is 62.1 Å². The molecule has 0 spiro atoms. The maximum atomic E-state index is 9.62. The second kappa shape index (κ2) is 5.14. The van der Waals surface area contributed by atoms with Crippen molar-refractivity contribution in [2.24, 2.45) is 11.3 Å². The van der Waals surface area contributed by atoms with Gasteiger partial charge in [-0.3, -0.25) is 0 Å². The number of aryl methyl sites for hydroxylation is 2. The zero-order chi connectivity index (χ0) is 13.2. The minimum absolute atomic E-state index is 0.0997. The predicted octanol–water partition coefficient (Wildman–Crippen LogP) is 4.57. The molecule has 2 atom stereocenters. The van der Waals surface area contributed by atoms with E-state index in [0.29, 0.717) is 0 Å². The molecule has 0 N–H and O–H groups in total. The van der Waals surface area contributed by atoms with Crippen molar-refractivity contribution in [3.05, 3.63) is 34.9 Å². The molecule has 1 aliphatic rings. The van der Waals surface area contributed by atoms with Crippen LogP contribution in [-0.2, 0) is 6.42 Å². The number of rotatable bonds is 3. The molecule has 1 heteroatoms. The monoisotopic (exact) mass is 241 g/mol. The van der Waals surface area contributed by atoms with Crippen LogP contribution in [0.1, 0.15) is 49.3 Å². The zero-order valence-corrected chi connectivity index (χ0v) is 11.8. The lowest BCUT2D eigenvalue weighted by Crippen LogP contribution is -2.19. The van der Waals surface area contributed by atoms with Gasteiger partial charge in [-0.2, -0.15) is 5.26 Å². The van der Waals surface area contributed by atoms with Gasteiger partial charge in [0.05, 0.1) is 11.5 Å². The third-order valence-electron chi connectivity index (χ3n) is 4.68. The molecule has 0 heterocycles. The molecule has 1 aliphatic carbocycles. The summed E-state index contributed by atoms with van der Waals surface area (Å²) in [6.45, 7) is 6.58. The Bertz CT molecular complexity index is 449. The lowest BCUT2D eigenvalue weighted by molar-refractivity contribution is 0.379. The maximum Gasteiger partial charge on any atom is 0.0693 e. The highest BCUT2D eigenvalue weighted by Crippen LogP contribution is 2.45. The van der Waals surface area contributed by atoms with Gasteiger partial charge in [0.2, 0.25) is 0 Å². The van der Waals surface area contributed by atoms with E-state index in [-0.39, 0.29) is 5.41 Å². The van der Waals surface area contributed by atoms with Gasteiger partial charge >= 0.3 is 0 Å². The van der Waals surface area contributed by atoms with Crippen LogP contribution in [0.2, 0.25) is 0 Å². The topological polar surface area (TPSA) is 23.8 Å². The minimum Gasteiger partial charge on any atom is -0.198 e. The Kier molecular flexibility index (Phi) is 3.76. The number of nitriles is 1. The first-order chi connectivity index (χ1) is 8.60. The molecule has 1 aromatic carbocycles. The van der Waals surface area contributed by atoms with E-state index in [2.05, 4.69) is 45.0 Å². The van der Waals surface area contributed by atoms with E-state index in [4.69, 9.17) is 0 Å². The Morgan fingerprint density at radius 3 is 2.50 bits per heavy atom. The Morgan fingerprint density at radius 2 is 2.00 bits per heavy atom. The molecule has 1 aromatic rings. The van der Waals surface area contributed by atoms with E-state index in [0.717, 1.165) is 25.2 Å². The molecule has 0 radical (unpaired) electrons. The van der Waals surface area contributed by atoms with Crippen LogP contribution in [0.4, 0.5) is 0 Å². The smallest absolute Gasteiger partial charge is 0.0693 e. The highest BCUT2D eigenvalue weighted by molar-refractivity contribution is 5.35. The highest BCUT2D eigenvalue weighted by Gasteiger charge is 2.39. The Hall–Kier alpha value is -1.29. The summed E-state index contributed by atoms with van der Waals surface area (Å²) in [5.41, 5.74) is 3.97. The van der Waals surface area contributed by atoms with E-state index >= 15 is 0 Å². The van der Waals surface area contributed by atoms with Crippen LogP contribution < -0.4 is 0 Å². The molecule has 0 saturated heterocycles. The predicted molar refractivity (Wildman–Crippen MR) is 75.3 cm³/mol. The van der Waals surface area contributed by atoms with Gasteiger partial charge in [-0.25, -0.2) is 0 Å². The molecule has 0 amide bonds. The molecule has 1 saturated carbocycles. The van der Waals surface area contributed by atoms with Crippen LogP contribution in [0.5, 0.6) is 0 Å². The van der Waals surface area contributed by atoms with Crippen molar-refractivity contribution in [1.82, 2.24) is 0 Å². The first kappa shape index (κ1) is 13.1. The van der Waals surface area contributed by atoms with Crippen LogP contribution in [0.25, 0.3) is 0 Å². The SMILES string of the molecule is CCC1CCC(C#N)(Cc2c(C)cccc2C)C1. The molecule has 2 rings (SSSR count). The van der Waals surface area contributed by atoms with Crippen molar-refractivity contribution in [2.45, 2.75) is 52.9 Å². The van der Waals surface area contributed by atoms with Crippen molar-refractivity contribution in [2.75, 3.05) is 0 Å². The van der Waals surface area contributed by atoms with Crippen molar-refractivity contribution >= 4 is 0 Å². The van der Waals surface area contributed by atoms with Crippen molar-refractivity contribution in [3.8, 4) is 6.07 Å². The molecule has 96 valence electrons. The molecule has 2 unspecified atom stereocenters. The summed E-state index contributed by atoms with van der Waals surface area (Å²) in [6, 6.07) is 9.09. The van der Waals surface area contributed by atoms with Crippen LogP contribution in [0, 0.1) is 36.5 Å². The number of hydrogen-bond acceptors (Lipinski definition) is 1. The lowest BCUT2D eigenvalue weighted by atomic mass is 9.78. The first-order valence-corrected chi connectivity index (χ1v) is 7.06. The van der Waals surface area contributed by atoms with Crippen molar-refractivity contribution in [1.29, 1.82) is 5.26 Å². The molecule has 0 aliphatic heterocycles. The highest BCUT2D eigenvalue weighted by atomic mass is 14.4. The van der Waals surface area contributed by atoms with Gasteiger partial charge in [-0.1, -0.05) is 31.5 Å². The zero-order valence-electron chi connectivity index (χ0n) is 11.8. The van der Waals surface area contributed by atoms with Gasteiger partial charge in [0, 0.05) is 0 Å². The Labute approximate surface area is 111 Å². The van der Waals surface area contributed by atoms with E-state index < -0.39 is 0 Å². The Morgan fingerprint density at radius 1 is 1.33 bits per heavy atom. The molecule has 18 heavy (non-hydrogen) atoms. The van der Waals surface area contributed by atoms with E-state index in [1.165, 1.54) is 29.5 Å². The largest absolute Gasteiger partial charge is 0.198 e. The maximum absolute atomic E-state index is 9.62. The summed E-state index contributed by atoms with van der Waals surface area (Å²) >= 11 is 0. The average molecular weight is 241 g/mol. The summed E-state index contributed by atoms with van der Waals surface area (Å²) in [4.78, 5) is 0. The second-order valence-electron chi connectivity index (χ2n) is 5.96. The standard InChI is InChI=1S/C17H23N/c1-4-15-8-9-17(10-15,12-18)11-16-13(2)6-5-7-14(16)3/h5-7,15H,4,8-11H2,1-3H3. The number of benzene rings is 1. The van der Waals surface area contributed by atoms with E-state index in [9.17, 15) is 5.26 Å². The van der Waals surface area contributed by atoms with Crippen LogP contribution in [0.15, 0.2) is 18.2 Å². The third kappa shape index (κ3) is 2.43. The van der Waals surface area contributed by atoms with E-state index in [1.54, 1.807) is 0 Å². The summed E-state index contributed by atoms with van der Waals surface area (Å²) in [5.74, 6) is 0.758. The quantitative estimate of drug-likeness (QED) is 0.760. The molecule has 0 bridgehead atoms. The second-order valence-corrected chi connectivity index (χ2v) is 5.96. The average Bonchev–Trinajstić information content (AvgIpc) is 2.78. The van der Waals surface area contributed by atoms with Crippen LogP contribution in [-0.4, -0.2) is 0 Å². The van der Waals surface area contributed by atoms with Gasteiger partial charge in [-0.15, -0.1) is 0 Å². The molecule has 1 fully saturated rings. The third-order valence-corrected chi connectivity index (χ3v) is 4.68. The van der Waals surface area contributed by atoms with Crippen molar-refractivity contribution in [3.63, 3.8) is 0 Å². The summed E-state index contributed by atoms with van der Waals surface area (Å²) in [7, 11) is 0. The summed E-state index contributed by atoms with van der Waals surface area (Å²) in [5, 5.41) is 9.62. The number of hydrogen-bond donors (Lipinski definition) is 0. The molecular formula is C17H23N. The van der Waals surface area contributed by atoms with E-state index in [1.807, 2.05) is 0 Å². The van der Waals surface area contributed by atoms with Crippen LogP contribution >= 0.6 is 0 Å². The molecular weight excluding hydrogens is 218 g/mol. The van der Waals surface area contributed by atoms with Gasteiger partial charge < -0.3 is 0 Å². The fraction of sp³-hybridized carbons (Fsp3) is 0.588. The van der Waals surface area contributed by atoms with Gasteiger partial charge in [0.1, 0.15) is 0 Å². The first-order valence-electron chi connectivity index (χ1n) is 7.06. The Balaban J connectivity index is 2.25. The lowest BCUT2D eigenvalue weighted by Gasteiger charge is -2.23. The fourth-order valence-electron chi connectivity index (χ4n) is 3.35. The minimum atomic E-state index is -0.0997. The molecule has 1 nitrogen and oxygen atoms in total. The fourth-order valence-corrected chi connectivity index (χ4v) is 3.35. The van der Waals surface area contributed by atoms with Gasteiger partial charge in [0.25, 0.3) is 0 Å². The normalized spacial score (nSPS) is 27.1. The van der Waals surface area contributed by atoms with Crippen LogP contribution in [0.3, 0.4) is 0 Å². The van der Waals surface area contributed by atoms with Gasteiger partial charge in [0.15, 0.2) is 0 Å². The van der Waals surface area contributed by atoms with Crippen molar-refractivity contribution < 1.29 is 0 Å². The number of nitrogens with zero attached hydrogens (tertiary/aromatic N) is 1.